The van der Waals surface area contributed by atoms with E-state index in [9.17, 15) is 4.79 Å². The Morgan fingerprint density at radius 3 is 2.70 bits per heavy atom. The van der Waals surface area contributed by atoms with E-state index < -0.39 is 5.97 Å². The number of esters is 1. The molecule has 0 aromatic heterocycles. The SMILES string of the molecule is CCCOc1ccc(CC(C)N)c(OCC(=O)OC)c1. The zero-order valence-electron chi connectivity index (χ0n) is 12.3. The Labute approximate surface area is 120 Å². The van der Waals surface area contributed by atoms with Crippen molar-refractivity contribution in [1.82, 2.24) is 0 Å². The zero-order valence-corrected chi connectivity index (χ0v) is 12.3. The van der Waals surface area contributed by atoms with Gasteiger partial charge in [-0.15, -0.1) is 0 Å². The molecule has 20 heavy (non-hydrogen) atoms. The van der Waals surface area contributed by atoms with Gasteiger partial charge in [0.2, 0.25) is 0 Å². The predicted molar refractivity (Wildman–Crippen MR) is 77.1 cm³/mol. The molecule has 2 N–H and O–H groups in total. The molecule has 112 valence electrons. The molecular formula is C15H23NO4. The minimum Gasteiger partial charge on any atom is -0.493 e. The molecule has 0 heterocycles. The van der Waals surface area contributed by atoms with E-state index in [0.29, 0.717) is 18.8 Å². The number of carbonyl (C=O) groups excluding carboxylic acids is 1. The van der Waals surface area contributed by atoms with Crippen molar-refractivity contribution in [2.24, 2.45) is 5.73 Å². The molecule has 0 fully saturated rings. The molecular weight excluding hydrogens is 258 g/mol. The lowest BCUT2D eigenvalue weighted by Gasteiger charge is -2.14. The number of hydrogen-bond acceptors (Lipinski definition) is 5. The van der Waals surface area contributed by atoms with Crippen LogP contribution in [0.25, 0.3) is 0 Å². The minimum atomic E-state index is -0.420. The van der Waals surface area contributed by atoms with Gasteiger partial charge in [0.15, 0.2) is 6.61 Å². The molecule has 1 atom stereocenters. The summed E-state index contributed by atoms with van der Waals surface area (Å²) in [7, 11) is 1.33. The van der Waals surface area contributed by atoms with E-state index in [2.05, 4.69) is 4.74 Å². The standard InChI is InChI=1S/C15H23NO4/c1-4-7-19-13-6-5-12(8-11(2)16)14(9-13)20-10-15(17)18-3/h5-6,9,11H,4,7-8,10,16H2,1-3H3. The molecule has 1 rings (SSSR count). The maximum Gasteiger partial charge on any atom is 0.343 e. The Morgan fingerprint density at radius 2 is 2.10 bits per heavy atom. The van der Waals surface area contributed by atoms with Crippen LogP contribution in [0.5, 0.6) is 11.5 Å². The molecule has 1 unspecified atom stereocenters. The van der Waals surface area contributed by atoms with Gasteiger partial charge < -0.3 is 19.9 Å². The Bertz CT molecular complexity index is 432. The highest BCUT2D eigenvalue weighted by molar-refractivity contribution is 5.71. The van der Waals surface area contributed by atoms with Gasteiger partial charge in [0.25, 0.3) is 0 Å². The van der Waals surface area contributed by atoms with Gasteiger partial charge in [-0.05, 0) is 31.4 Å². The van der Waals surface area contributed by atoms with E-state index in [1.54, 1.807) is 6.07 Å². The average Bonchev–Trinajstić information content (AvgIpc) is 2.43. The summed E-state index contributed by atoms with van der Waals surface area (Å²) in [5.74, 6) is 0.915. The van der Waals surface area contributed by atoms with Crippen molar-refractivity contribution in [3.05, 3.63) is 23.8 Å². The average molecular weight is 281 g/mol. The first-order valence-corrected chi connectivity index (χ1v) is 6.77. The van der Waals surface area contributed by atoms with Gasteiger partial charge in [0, 0.05) is 12.1 Å². The van der Waals surface area contributed by atoms with Gasteiger partial charge in [0.1, 0.15) is 11.5 Å². The van der Waals surface area contributed by atoms with E-state index in [0.717, 1.165) is 17.7 Å². The summed E-state index contributed by atoms with van der Waals surface area (Å²) >= 11 is 0. The van der Waals surface area contributed by atoms with Crippen molar-refractivity contribution in [3.8, 4) is 11.5 Å². The molecule has 0 radical (unpaired) electrons. The molecule has 0 aliphatic rings. The second-order valence-electron chi connectivity index (χ2n) is 4.66. The van der Waals surface area contributed by atoms with E-state index in [4.69, 9.17) is 15.2 Å². The minimum absolute atomic E-state index is 0.0119. The molecule has 0 spiro atoms. The third-order valence-electron chi connectivity index (χ3n) is 2.63. The Hall–Kier alpha value is -1.75. The fraction of sp³-hybridized carbons (Fsp3) is 0.533. The van der Waals surface area contributed by atoms with E-state index in [1.165, 1.54) is 7.11 Å². The second kappa shape index (κ2) is 8.43. The predicted octanol–water partition coefficient (Wildman–Crippen LogP) is 1.92. The molecule has 0 aliphatic carbocycles. The molecule has 1 aromatic carbocycles. The second-order valence-corrected chi connectivity index (χ2v) is 4.66. The summed E-state index contributed by atoms with van der Waals surface area (Å²) in [5, 5.41) is 0. The van der Waals surface area contributed by atoms with Crippen LogP contribution in [-0.4, -0.2) is 32.3 Å². The Morgan fingerprint density at radius 1 is 1.35 bits per heavy atom. The van der Waals surface area contributed by atoms with Crippen molar-refractivity contribution < 1.29 is 19.0 Å². The van der Waals surface area contributed by atoms with Crippen LogP contribution in [0.2, 0.25) is 0 Å². The van der Waals surface area contributed by atoms with Gasteiger partial charge in [-0.2, -0.15) is 0 Å². The summed E-state index contributed by atoms with van der Waals surface area (Å²) in [6, 6.07) is 5.60. The number of benzene rings is 1. The highest BCUT2D eigenvalue weighted by Crippen LogP contribution is 2.26. The topological polar surface area (TPSA) is 70.8 Å². The highest BCUT2D eigenvalue weighted by atomic mass is 16.6. The van der Waals surface area contributed by atoms with Crippen molar-refractivity contribution in [1.29, 1.82) is 0 Å². The fourth-order valence-corrected chi connectivity index (χ4v) is 1.69. The van der Waals surface area contributed by atoms with Crippen LogP contribution in [0.4, 0.5) is 0 Å². The first-order chi connectivity index (χ1) is 9.56. The van der Waals surface area contributed by atoms with Crippen LogP contribution < -0.4 is 15.2 Å². The molecule has 0 amide bonds. The molecule has 0 bridgehead atoms. The number of methoxy groups -OCH3 is 1. The first-order valence-electron chi connectivity index (χ1n) is 6.77. The zero-order chi connectivity index (χ0) is 15.0. The fourth-order valence-electron chi connectivity index (χ4n) is 1.69. The van der Waals surface area contributed by atoms with Crippen molar-refractivity contribution in [3.63, 3.8) is 0 Å². The number of hydrogen-bond donors (Lipinski definition) is 1. The van der Waals surface area contributed by atoms with Crippen LogP contribution >= 0.6 is 0 Å². The normalized spacial score (nSPS) is 11.8. The number of nitrogens with two attached hydrogens (primary N) is 1. The monoisotopic (exact) mass is 281 g/mol. The Balaban J connectivity index is 2.84. The van der Waals surface area contributed by atoms with E-state index in [1.807, 2.05) is 26.0 Å². The number of rotatable bonds is 8. The molecule has 5 heteroatoms. The molecule has 0 aliphatic heterocycles. The first kappa shape index (κ1) is 16.3. The van der Waals surface area contributed by atoms with E-state index in [-0.39, 0.29) is 12.6 Å². The number of ether oxygens (including phenoxy) is 3. The molecule has 0 saturated heterocycles. The van der Waals surface area contributed by atoms with Crippen molar-refractivity contribution in [2.75, 3.05) is 20.3 Å². The smallest absolute Gasteiger partial charge is 0.343 e. The third kappa shape index (κ3) is 5.48. The number of carbonyl (C=O) groups is 1. The lowest BCUT2D eigenvalue weighted by atomic mass is 10.1. The molecule has 0 saturated carbocycles. The van der Waals surface area contributed by atoms with Gasteiger partial charge in [0.05, 0.1) is 13.7 Å². The summed E-state index contributed by atoms with van der Waals surface area (Å²) in [5.41, 5.74) is 6.77. The summed E-state index contributed by atoms with van der Waals surface area (Å²) in [4.78, 5) is 11.2. The summed E-state index contributed by atoms with van der Waals surface area (Å²) < 4.78 is 15.6. The maximum atomic E-state index is 11.2. The van der Waals surface area contributed by atoms with Gasteiger partial charge in [-0.25, -0.2) is 4.79 Å². The van der Waals surface area contributed by atoms with Gasteiger partial charge >= 0.3 is 5.97 Å². The quantitative estimate of drug-likeness (QED) is 0.737. The Kier molecular flexibility index (Phi) is 6.87. The molecule has 5 nitrogen and oxygen atoms in total. The summed E-state index contributed by atoms with van der Waals surface area (Å²) in [6.45, 7) is 4.48. The lowest BCUT2D eigenvalue weighted by Crippen LogP contribution is -2.19. The molecule has 1 aromatic rings. The van der Waals surface area contributed by atoms with E-state index >= 15 is 0 Å². The largest absolute Gasteiger partial charge is 0.493 e. The van der Waals surface area contributed by atoms with Crippen LogP contribution in [0.1, 0.15) is 25.8 Å². The van der Waals surface area contributed by atoms with Crippen LogP contribution in [0, 0.1) is 0 Å². The van der Waals surface area contributed by atoms with Gasteiger partial charge in [-0.3, -0.25) is 0 Å². The lowest BCUT2D eigenvalue weighted by molar-refractivity contribution is -0.142. The van der Waals surface area contributed by atoms with Crippen LogP contribution in [0.3, 0.4) is 0 Å². The third-order valence-corrected chi connectivity index (χ3v) is 2.63. The van der Waals surface area contributed by atoms with Crippen LogP contribution in [-0.2, 0) is 16.0 Å². The van der Waals surface area contributed by atoms with Gasteiger partial charge in [-0.1, -0.05) is 13.0 Å². The highest BCUT2D eigenvalue weighted by Gasteiger charge is 2.10. The van der Waals surface area contributed by atoms with Crippen molar-refractivity contribution >= 4 is 5.97 Å². The summed E-state index contributed by atoms with van der Waals surface area (Å²) in [6.07, 6.45) is 1.60. The maximum absolute atomic E-state index is 11.2. The van der Waals surface area contributed by atoms with Crippen LogP contribution in [0.15, 0.2) is 18.2 Å². The van der Waals surface area contributed by atoms with Crippen molar-refractivity contribution in [2.45, 2.75) is 32.7 Å².